The second kappa shape index (κ2) is 10.1. The van der Waals surface area contributed by atoms with Crippen LogP contribution in [0.3, 0.4) is 0 Å². The highest BCUT2D eigenvalue weighted by Gasteiger charge is 2.16. The van der Waals surface area contributed by atoms with Crippen LogP contribution in [-0.4, -0.2) is 29.0 Å². The smallest absolute Gasteiger partial charge is 0.251 e. The van der Waals surface area contributed by atoms with E-state index < -0.39 is 0 Å². The predicted molar refractivity (Wildman–Crippen MR) is 124 cm³/mol. The molecule has 156 valence electrons. The molecule has 1 amide bonds. The molecule has 0 bridgehead atoms. The first-order valence-corrected chi connectivity index (χ1v) is 12.2. The molecule has 1 aliphatic rings. The number of piperidine rings is 1. The molecular formula is C23H26N4OS2. The number of thiazole rings is 1. The normalized spacial score (nSPS) is 14.0. The Morgan fingerprint density at radius 1 is 1.17 bits per heavy atom. The molecule has 3 aromatic rings. The summed E-state index contributed by atoms with van der Waals surface area (Å²) < 4.78 is 1.08. The SMILES string of the molecule is Cc1csc(SCc2ccc(C(=O)NCc3cccnc3N3CCCCC3)cc2)n1. The lowest BCUT2D eigenvalue weighted by atomic mass is 10.1. The Labute approximate surface area is 185 Å². The van der Waals surface area contributed by atoms with E-state index in [0.717, 1.165) is 40.3 Å². The number of nitrogens with one attached hydrogen (secondary N) is 1. The van der Waals surface area contributed by atoms with Crippen LogP contribution in [0.4, 0.5) is 5.82 Å². The molecular weight excluding hydrogens is 412 g/mol. The predicted octanol–water partition coefficient (Wildman–Crippen LogP) is 5.06. The van der Waals surface area contributed by atoms with Gasteiger partial charge < -0.3 is 10.2 Å². The van der Waals surface area contributed by atoms with E-state index in [4.69, 9.17) is 0 Å². The molecule has 1 N–H and O–H groups in total. The Morgan fingerprint density at radius 2 is 1.97 bits per heavy atom. The van der Waals surface area contributed by atoms with Gasteiger partial charge in [-0.25, -0.2) is 9.97 Å². The molecule has 1 fully saturated rings. The fourth-order valence-corrected chi connectivity index (χ4v) is 5.34. The van der Waals surface area contributed by atoms with Crippen LogP contribution in [0, 0.1) is 6.92 Å². The Hall–Kier alpha value is -2.38. The number of aryl methyl sites for hydroxylation is 1. The van der Waals surface area contributed by atoms with Crippen LogP contribution in [0.1, 0.15) is 46.4 Å². The van der Waals surface area contributed by atoms with Crippen molar-refractivity contribution in [2.24, 2.45) is 0 Å². The van der Waals surface area contributed by atoms with Crippen LogP contribution in [0.5, 0.6) is 0 Å². The number of thioether (sulfide) groups is 1. The van der Waals surface area contributed by atoms with Crippen LogP contribution < -0.4 is 10.2 Å². The quantitative estimate of drug-likeness (QED) is 0.523. The summed E-state index contributed by atoms with van der Waals surface area (Å²) in [5, 5.41) is 5.12. The van der Waals surface area contributed by atoms with E-state index in [1.54, 1.807) is 23.1 Å². The maximum absolute atomic E-state index is 12.6. The number of nitrogens with zero attached hydrogens (tertiary/aromatic N) is 3. The fourth-order valence-electron chi connectivity index (χ4n) is 3.53. The van der Waals surface area contributed by atoms with Crippen LogP contribution in [-0.2, 0) is 12.3 Å². The summed E-state index contributed by atoms with van der Waals surface area (Å²) in [6.45, 7) is 4.57. The van der Waals surface area contributed by atoms with Gasteiger partial charge in [-0.2, -0.15) is 0 Å². The molecule has 1 saturated heterocycles. The maximum atomic E-state index is 12.6. The molecule has 2 aromatic heterocycles. The molecule has 3 heterocycles. The van der Waals surface area contributed by atoms with Crippen molar-refractivity contribution in [3.8, 4) is 0 Å². The number of amides is 1. The van der Waals surface area contributed by atoms with Gasteiger partial charge in [0.15, 0.2) is 0 Å². The first-order valence-electron chi connectivity index (χ1n) is 10.3. The summed E-state index contributed by atoms with van der Waals surface area (Å²) >= 11 is 3.40. The summed E-state index contributed by atoms with van der Waals surface area (Å²) in [5.74, 6) is 1.80. The van der Waals surface area contributed by atoms with E-state index in [1.165, 1.54) is 24.8 Å². The number of carbonyl (C=O) groups is 1. The van der Waals surface area contributed by atoms with Crippen LogP contribution >= 0.6 is 23.1 Å². The summed E-state index contributed by atoms with van der Waals surface area (Å²) in [6, 6.07) is 11.8. The van der Waals surface area contributed by atoms with Crippen molar-refractivity contribution in [3.05, 3.63) is 70.4 Å². The van der Waals surface area contributed by atoms with Crippen molar-refractivity contribution >= 4 is 34.8 Å². The van der Waals surface area contributed by atoms with Gasteiger partial charge in [-0.1, -0.05) is 30.0 Å². The van der Waals surface area contributed by atoms with Crippen LogP contribution in [0.25, 0.3) is 0 Å². The minimum absolute atomic E-state index is 0.0572. The van der Waals surface area contributed by atoms with E-state index in [-0.39, 0.29) is 5.91 Å². The molecule has 4 rings (SSSR count). The Morgan fingerprint density at radius 3 is 2.70 bits per heavy atom. The van der Waals surface area contributed by atoms with Gasteiger partial charge in [-0.3, -0.25) is 4.79 Å². The van der Waals surface area contributed by atoms with Gasteiger partial charge in [-0.15, -0.1) is 11.3 Å². The lowest BCUT2D eigenvalue weighted by Crippen LogP contribution is -2.32. The molecule has 0 atom stereocenters. The zero-order chi connectivity index (χ0) is 20.8. The molecule has 1 aliphatic heterocycles. The highest BCUT2D eigenvalue weighted by Crippen LogP contribution is 2.26. The zero-order valence-corrected chi connectivity index (χ0v) is 18.8. The number of rotatable bonds is 7. The molecule has 0 aliphatic carbocycles. The lowest BCUT2D eigenvalue weighted by molar-refractivity contribution is 0.0951. The van der Waals surface area contributed by atoms with E-state index in [1.807, 2.05) is 43.5 Å². The summed E-state index contributed by atoms with van der Waals surface area (Å²) in [7, 11) is 0. The second-order valence-electron chi connectivity index (χ2n) is 7.46. The summed E-state index contributed by atoms with van der Waals surface area (Å²) in [4.78, 5) is 24.0. The van der Waals surface area contributed by atoms with Crippen molar-refractivity contribution in [1.29, 1.82) is 0 Å². The van der Waals surface area contributed by atoms with Crippen molar-refractivity contribution in [3.63, 3.8) is 0 Å². The van der Waals surface area contributed by atoms with Gasteiger partial charge in [-0.05, 0) is 49.9 Å². The number of hydrogen-bond acceptors (Lipinski definition) is 6. The standard InChI is InChI=1S/C23H26N4OS2/c1-17-15-29-23(26-17)30-16-18-7-9-19(10-8-18)22(28)25-14-20-6-5-11-24-21(20)27-12-3-2-4-13-27/h5-11,15H,2-4,12-14,16H2,1H3,(H,25,28). The van der Waals surface area contributed by atoms with Gasteiger partial charge in [0.05, 0.1) is 0 Å². The molecule has 7 heteroatoms. The summed E-state index contributed by atoms with van der Waals surface area (Å²) in [5.41, 5.74) is 3.99. The fraction of sp³-hybridized carbons (Fsp3) is 0.348. The van der Waals surface area contributed by atoms with Gasteiger partial charge in [0.2, 0.25) is 0 Å². The molecule has 0 saturated carbocycles. The zero-order valence-electron chi connectivity index (χ0n) is 17.1. The summed E-state index contributed by atoms with van der Waals surface area (Å²) in [6.07, 6.45) is 5.52. The third kappa shape index (κ3) is 5.40. The van der Waals surface area contributed by atoms with Crippen molar-refractivity contribution in [2.45, 2.75) is 42.8 Å². The van der Waals surface area contributed by atoms with Gasteiger partial charge in [0.1, 0.15) is 10.2 Å². The number of pyridine rings is 1. The van der Waals surface area contributed by atoms with Crippen molar-refractivity contribution in [1.82, 2.24) is 15.3 Å². The van der Waals surface area contributed by atoms with E-state index in [0.29, 0.717) is 12.1 Å². The molecule has 0 radical (unpaired) electrons. The minimum Gasteiger partial charge on any atom is -0.356 e. The minimum atomic E-state index is -0.0572. The Bertz CT molecular complexity index is 981. The monoisotopic (exact) mass is 438 g/mol. The van der Waals surface area contributed by atoms with Gasteiger partial charge in [0, 0.05) is 53.8 Å². The average molecular weight is 439 g/mol. The number of carbonyl (C=O) groups excluding carboxylic acids is 1. The highest BCUT2D eigenvalue weighted by atomic mass is 32.2. The maximum Gasteiger partial charge on any atom is 0.251 e. The van der Waals surface area contributed by atoms with E-state index >= 15 is 0 Å². The van der Waals surface area contributed by atoms with Crippen molar-refractivity contribution in [2.75, 3.05) is 18.0 Å². The van der Waals surface area contributed by atoms with Gasteiger partial charge in [0.25, 0.3) is 5.91 Å². The van der Waals surface area contributed by atoms with Crippen LogP contribution in [0.2, 0.25) is 0 Å². The Balaban J connectivity index is 1.33. The first kappa shape index (κ1) is 20.9. The molecule has 1 aromatic carbocycles. The van der Waals surface area contributed by atoms with E-state index in [2.05, 4.69) is 31.6 Å². The lowest BCUT2D eigenvalue weighted by Gasteiger charge is -2.29. The third-order valence-corrected chi connectivity index (χ3v) is 7.35. The average Bonchev–Trinajstić information content (AvgIpc) is 3.22. The molecule has 0 spiro atoms. The van der Waals surface area contributed by atoms with Crippen molar-refractivity contribution < 1.29 is 4.79 Å². The molecule has 5 nitrogen and oxygen atoms in total. The Kier molecular flexibility index (Phi) is 7.02. The second-order valence-corrected chi connectivity index (χ2v) is 9.54. The van der Waals surface area contributed by atoms with E-state index in [9.17, 15) is 4.79 Å². The number of anilines is 1. The number of hydrogen-bond donors (Lipinski definition) is 1. The largest absolute Gasteiger partial charge is 0.356 e. The molecule has 30 heavy (non-hydrogen) atoms. The topological polar surface area (TPSA) is 58.1 Å². The van der Waals surface area contributed by atoms with Gasteiger partial charge >= 0.3 is 0 Å². The third-order valence-electron chi connectivity index (χ3n) is 5.14. The number of aromatic nitrogens is 2. The number of benzene rings is 1. The first-order chi connectivity index (χ1) is 14.7. The van der Waals surface area contributed by atoms with Crippen LogP contribution in [0.15, 0.2) is 52.3 Å². The highest BCUT2D eigenvalue weighted by molar-refractivity contribution is 8.00. The molecule has 0 unspecified atom stereocenters.